The SMILES string of the molecule is CCCCOC(=O)CNC(=O)CCC(NC(=O)CNC(=O)OCC1c2ccccc2-c2ccccc21)C(=O)OC(C)(C)C. The number of benzene rings is 2. The van der Waals surface area contributed by atoms with Gasteiger partial charge in [0.2, 0.25) is 11.8 Å². The van der Waals surface area contributed by atoms with Gasteiger partial charge < -0.3 is 30.2 Å². The summed E-state index contributed by atoms with van der Waals surface area (Å²) < 4.78 is 15.8. The lowest BCUT2D eigenvalue weighted by Crippen LogP contribution is -2.48. The average molecular weight is 596 g/mol. The van der Waals surface area contributed by atoms with Crippen molar-refractivity contribution in [2.24, 2.45) is 0 Å². The number of esters is 2. The van der Waals surface area contributed by atoms with Crippen LogP contribution in [0.15, 0.2) is 48.5 Å². The first kappa shape index (κ1) is 33.1. The zero-order valence-electron chi connectivity index (χ0n) is 25.2. The predicted octanol–water partition coefficient (Wildman–Crippen LogP) is 3.59. The highest BCUT2D eigenvalue weighted by Crippen LogP contribution is 2.44. The van der Waals surface area contributed by atoms with E-state index in [4.69, 9.17) is 14.2 Å². The van der Waals surface area contributed by atoms with Gasteiger partial charge >= 0.3 is 18.0 Å². The van der Waals surface area contributed by atoms with Gasteiger partial charge in [0.15, 0.2) is 0 Å². The summed E-state index contributed by atoms with van der Waals surface area (Å²) in [5.74, 6) is -2.57. The smallest absolute Gasteiger partial charge is 0.407 e. The molecule has 0 radical (unpaired) electrons. The molecule has 2 aromatic rings. The molecular formula is C32H41N3O8. The van der Waals surface area contributed by atoms with Gasteiger partial charge in [-0.05, 0) is 55.9 Å². The van der Waals surface area contributed by atoms with E-state index in [0.29, 0.717) is 0 Å². The predicted molar refractivity (Wildman–Crippen MR) is 159 cm³/mol. The Labute approximate surface area is 252 Å². The number of carbonyl (C=O) groups is 5. The Morgan fingerprint density at radius 2 is 1.47 bits per heavy atom. The van der Waals surface area contributed by atoms with Gasteiger partial charge in [-0.2, -0.15) is 0 Å². The number of amides is 3. The molecule has 0 saturated heterocycles. The molecule has 11 nitrogen and oxygen atoms in total. The van der Waals surface area contributed by atoms with Crippen LogP contribution in [0.1, 0.15) is 70.4 Å². The molecular weight excluding hydrogens is 554 g/mol. The number of carbonyl (C=O) groups excluding carboxylic acids is 5. The van der Waals surface area contributed by atoms with Gasteiger partial charge in [-0.15, -0.1) is 0 Å². The molecule has 1 atom stereocenters. The van der Waals surface area contributed by atoms with Crippen LogP contribution in [0.5, 0.6) is 0 Å². The van der Waals surface area contributed by atoms with E-state index in [9.17, 15) is 24.0 Å². The first-order valence-corrected chi connectivity index (χ1v) is 14.5. The first-order chi connectivity index (χ1) is 20.5. The molecule has 0 aliphatic heterocycles. The van der Waals surface area contributed by atoms with Gasteiger partial charge in [-0.3, -0.25) is 14.4 Å². The molecule has 43 heavy (non-hydrogen) atoms. The van der Waals surface area contributed by atoms with Crippen LogP contribution in [0.3, 0.4) is 0 Å². The third-order valence-electron chi connectivity index (χ3n) is 6.61. The van der Waals surface area contributed by atoms with Gasteiger partial charge in [0.1, 0.15) is 31.3 Å². The average Bonchev–Trinajstić information content (AvgIpc) is 3.28. The molecule has 0 heterocycles. The lowest BCUT2D eigenvalue weighted by atomic mass is 9.98. The normalized spacial score (nSPS) is 12.7. The van der Waals surface area contributed by atoms with Crippen LogP contribution >= 0.6 is 0 Å². The van der Waals surface area contributed by atoms with Gasteiger partial charge in [0, 0.05) is 12.3 Å². The van der Waals surface area contributed by atoms with Crippen molar-refractivity contribution in [1.82, 2.24) is 16.0 Å². The molecule has 0 spiro atoms. The first-order valence-electron chi connectivity index (χ1n) is 14.5. The summed E-state index contributed by atoms with van der Waals surface area (Å²) >= 11 is 0. The fourth-order valence-corrected chi connectivity index (χ4v) is 4.59. The van der Waals surface area contributed by atoms with Crippen LogP contribution in [0.2, 0.25) is 0 Å². The van der Waals surface area contributed by atoms with Crippen molar-refractivity contribution in [3.63, 3.8) is 0 Å². The maximum absolute atomic E-state index is 12.8. The van der Waals surface area contributed by atoms with Crippen molar-refractivity contribution in [2.45, 2.75) is 70.9 Å². The number of hydrogen-bond acceptors (Lipinski definition) is 8. The molecule has 1 aliphatic rings. The number of fused-ring (bicyclic) bond motifs is 3. The van der Waals surface area contributed by atoms with Crippen LogP contribution in [-0.4, -0.2) is 67.8 Å². The summed E-state index contributed by atoms with van der Waals surface area (Å²) in [4.78, 5) is 61.9. The highest BCUT2D eigenvalue weighted by Gasteiger charge is 2.30. The summed E-state index contributed by atoms with van der Waals surface area (Å²) in [5, 5.41) is 7.37. The molecule has 232 valence electrons. The van der Waals surface area contributed by atoms with Crippen molar-refractivity contribution in [1.29, 1.82) is 0 Å². The van der Waals surface area contributed by atoms with Crippen LogP contribution in [0.4, 0.5) is 4.79 Å². The Morgan fingerprint density at radius 3 is 2.07 bits per heavy atom. The van der Waals surface area contributed by atoms with E-state index in [1.54, 1.807) is 20.8 Å². The van der Waals surface area contributed by atoms with Crippen LogP contribution in [0, 0.1) is 0 Å². The van der Waals surface area contributed by atoms with Crippen LogP contribution in [0.25, 0.3) is 11.1 Å². The summed E-state index contributed by atoms with van der Waals surface area (Å²) in [6.45, 7) is 6.62. The van der Waals surface area contributed by atoms with Crippen molar-refractivity contribution < 1.29 is 38.2 Å². The Hall–Kier alpha value is -4.41. The van der Waals surface area contributed by atoms with E-state index in [-0.39, 0.29) is 38.5 Å². The molecule has 3 amide bonds. The minimum atomic E-state index is -1.15. The second-order valence-electron chi connectivity index (χ2n) is 11.2. The van der Waals surface area contributed by atoms with Crippen molar-refractivity contribution in [3.05, 3.63) is 59.7 Å². The number of hydrogen-bond donors (Lipinski definition) is 3. The van der Waals surface area contributed by atoms with E-state index in [0.717, 1.165) is 35.1 Å². The molecule has 0 bridgehead atoms. The minimum Gasteiger partial charge on any atom is -0.464 e. The van der Waals surface area contributed by atoms with Gasteiger partial charge in [0.25, 0.3) is 0 Å². The molecule has 3 N–H and O–H groups in total. The quantitative estimate of drug-likeness (QED) is 0.170. The molecule has 1 aliphatic carbocycles. The van der Waals surface area contributed by atoms with E-state index in [2.05, 4.69) is 16.0 Å². The highest BCUT2D eigenvalue weighted by atomic mass is 16.6. The number of unbranched alkanes of at least 4 members (excludes halogenated alkanes) is 1. The lowest BCUT2D eigenvalue weighted by molar-refractivity contribution is -0.159. The van der Waals surface area contributed by atoms with E-state index >= 15 is 0 Å². The Morgan fingerprint density at radius 1 is 0.837 bits per heavy atom. The Balaban J connectivity index is 1.48. The second kappa shape index (κ2) is 15.7. The lowest BCUT2D eigenvalue weighted by Gasteiger charge is -2.24. The number of nitrogens with one attached hydrogen (secondary N) is 3. The highest BCUT2D eigenvalue weighted by molar-refractivity contribution is 5.88. The fourth-order valence-electron chi connectivity index (χ4n) is 4.59. The van der Waals surface area contributed by atoms with Crippen LogP contribution in [-0.2, 0) is 33.4 Å². The number of ether oxygens (including phenoxy) is 3. The fraction of sp³-hybridized carbons (Fsp3) is 0.469. The summed E-state index contributed by atoms with van der Waals surface area (Å²) in [6, 6.07) is 14.7. The molecule has 0 saturated carbocycles. The Bertz CT molecular complexity index is 1260. The summed E-state index contributed by atoms with van der Waals surface area (Å²) in [5.41, 5.74) is 3.49. The van der Waals surface area contributed by atoms with Crippen molar-refractivity contribution in [3.8, 4) is 11.1 Å². The third kappa shape index (κ3) is 10.4. The maximum atomic E-state index is 12.8. The largest absolute Gasteiger partial charge is 0.464 e. The van der Waals surface area contributed by atoms with E-state index in [1.807, 2.05) is 55.5 Å². The zero-order chi connectivity index (χ0) is 31.4. The third-order valence-corrected chi connectivity index (χ3v) is 6.61. The Kier molecular flexibility index (Phi) is 12.1. The molecule has 2 aromatic carbocycles. The van der Waals surface area contributed by atoms with Gasteiger partial charge in [0.05, 0.1) is 6.61 Å². The van der Waals surface area contributed by atoms with Crippen molar-refractivity contribution >= 4 is 29.8 Å². The molecule has 0 fully saturated rings. The van der Waals surface area contributed by atoms with Gasteiger partial charge in [-0.25, -0.2) is 9.59 Å². The van der Waals surface area contributed by atoms with Crippen molar-refractivity contribution in [2.75, 3.05) is 26.3 Å². The molecule has 0 aromatic heterocycles. The molecule has 11 heteroatoms. The van der Waals surface area contributed by atoms with E-state index < -0.39 is 48.0 Å². The standard InChI is InChI=1S/C32H41N3O8/c1-5-6-17-41-29(38)19-33-27(36)16-15-26(30(39)43-32(2,3)4)35-28(37)18-34-31(40)42-20-25-23-13-9-7-11-21(23)22-12-8-10-14-24(22)25/h7-14,25-26H,5-6,15-20H2,1-4H3,(H,33,36)(H,34,40)(H,35,37). The number of alkyl carbamates (subject to hydrolysis) is 1. The summed E-state index contributed by atoms with van der Waals surface area (Å²) in [6.07, 6.45) is 0.580. The summed E-state index contributed by atoms with van der Waals surface area (Å²) in [7, 11) is 0. The topological polar surface area (TPSA) is 149 Å². The monoisotopic (exact) mass is 595 g/mol. The number of rotatable bonds is 14. The minimum absolute atomic E-state index is 0.0810. The van der Waals surface area contributed by atoms with Crippen LogP contribution < -0.4 is 16.0 Å². The molecule has 1 unspecified atom stereocenters. The van der Waals surface area contributed by atoms with Gasteiger partial charge in [-0.1, -0.05) is 61.9 Å². The second-order valence-corrected chi connectivity index (χ2v) is 11.2. The molecule has 3 rings (SSSR count). The maximum Gasteiger partial charge on any atom is 0.407 e. The zero-order valence-corrected chi connectivity index (χ0v) is 25.2. The van der Waals surface area contributed by atoms with E-state index in [1.165, 1.54) is 0 Å².